The van der Waals surface area contributed by atoms with Gasteiger partial charge in [0.15, 0.2) is 0 Å². The summed E-state index contributed by atoms with van der Waals surface area (Å²) in [6.07, 6.45) is 0. The van der Waals surface area contributed by atoms with Gasteiger partial charge in [-0.25, -0.2) is 8.42 Å². The number of halogens is 2. The number of ether oxygens (including phenoxy) is 1. The summed E-state index contributed by atoms with van der Waals surface area (Å²) >= 11 is 11.3. The maximum atomic E-state index is 12.5. The average Bonchev–Trinajstić information content (AvgIpc) is 2.55. The second kappa shape index (κ2) is 6.83. The molecule has 0 atom stereocenters. The Morgan fingerprint density at radius 1 is 0.800 bits per heavy atom. The van der Waals surface area contributed by atoms with E-state index >= 15 is 0 Å². The molecule has 25 heavy (non-hydrogen) atoms. The van der Waals surface area contributed by atoms with Gasteiger partial charge in [0.05, 0.1) is 9.79 Å². The van der Waals surface area contributed by atoms with E-state index in [9.17, 15) is 13.5 Å². The summed E-state index contributed by atoms with van der Waals surface area (Å²) in [5.74, 6) is 0.278. The van der Waals surface area contributed by atoms with Crippen molar-refractivity contribution in [2.24, 2.45) is 0 Å². The number of aromatic hydroxyl groups is 1. The average molecular weight is 398 g/mol. The lowest BCUT2D eigenvalue weighted by molar-refractivity contribution is 0.439. The lowest BCUT2D eigenvalue weighted by Crippen LogP contribution is -2.01. The van der Waals surface area contributed by atoms with E-state index in [1.54, 1.807) is 0 Å². The Labute approximate surface area is 152 Å². The van der Waals surface area contributed by atoms with Crippen molar-refractivity contribution in [3.05, 3.63) is 59.1 Å². The second-order valence-electron chi connectivity index (χ2n) is 4.73. The fraction of sp³-hybridized carbons (Fsp3) is 0. The summed E-state index contributed by atoms with van der Waals surface area (Å²) in [6, 6.07) is 10.8. The zero-order chi connectivity index (χ0) is 18.0. The Balaban J connectivity index is 1.85. The van der Waals surface area contributed by atoms with E-state index in [0.717, 1.165) is 0 Å². The van der Waals surface area contributed by atoms with E-state index in [0.29, 0.717) is 5.75 Å². The third-order valence-corrected chi connectivity index (χ3v) is 5.17. The summed E-state index contributed by atoms with van der Waals surface area (Å²) in [5, 5.41) is 9.01. The molecular formula is C15H9Cl2N3O4S. The van der Waals surface area contributed by atoms with Gasteiger partial charge in [-0.15, -0.1) is 0 Å². The number of nitrogens with zero attached hydrogens (tertiary/aromatic N) is 3. The van der Waals surface area contributed by atoms with Crippen molar-refractivity contribution in [1.29, 1.82) is 0 Å². The van der Waals surface area contributed by atoms with Crippen LogP contribution in [0.5, 0.6) is 17.5 Å². The van der Waals surface area contributed by atoms with Crippen LogP contribution in [0.1, 0.15) is 0 Å². The molecule has 0 aliphatic rings. The van der Waals surface area contributed by atoms with E-state index < -0.39 is 9.84 Å². The second-order valence-corrected chi connectivity index (χ2v) is 7.35. The Hall–Kier alpha value is -2.42. The molecule has 0 amide bonds. The van der Waals surface area contributed by atoms with Crippen LogP contribution < -0.4 is 4.74 Å². The standard InChI is InChI=1S/C15H9Cl2N3O4S/c16-13-18-14(17)20-15(19-13)24-10-3-7-12(8-4-10)25(22,23)11-5-1-9(21)2-6-11/h1-8,21H. The molecule has 1 N–H and O–H groups in total. The topological polar surface area (TPSA) is 102 Å². The van der Waals surface area contributed by atoms with Gasteiger partial charge in [0.2, 0.25) is 20.4 Å². The number of aromatic nitrogens is 3. The highest BCUT2D eigenvalue weighted by Crippen LogP contribution is 2.26. The van der Waals surface area contributed by atoms with Crippen LogP contribution in [-0.4, -0.2) is 28.5 Å². The predicted octanol–water partition coefficient (Wildman–Crippen LogP) is 3.51. The smallest absolute Gasteiger partial charge is 0.327 e. The number of hydrogen-bond acceptors (Lipinski definition) is 7. The minimum absolute atomic E-state index is 0.0163. The van der Waals surface area contributed by atoms with Crippen molar-refractivity contribution >= 4 is 33.0 Å². The van der Waals surface area contributed by atoms with Crippen LogP contribution in [0, 0.1) is 0 Å². The molecule has 2 aromatic carbocycles. The van der Waals surface area contributed by atoms with Gasteiger partial charge in [-0.05, 0) is 71.7 Å². The first kappa shape index (κ1) is 17.4. The molecule has 10 heteroatoms. The third kappa shape index (κ3) is 3.98. The zero-order valence-corrected chi connectivity index (χ0v) is 14.6. The maximum Gasteiger partial charge on any atom is 0.327 e. The fourth-order valence-electron chi connectivity index (χ4n) is 1.91. The molecule has 1 aromatic heterocycles. The molecule has 3 aromatic rings. The minimum Gasteiger partial charge on any atom is -0.508 e. The molecule has 0 saturated carbocycles. The monoisotopic (exact) mass is 397 g/mol. The number of phenolic OH excluding ortho intramolecular Hbond substituents is 1. The van der Waals surface area contributed by atoms with Gasteiger partial charge in [-0.1, -0.05) is 0 Å². The van der Waals surface area contributed by atoms with E-state index in [1.807, 2.05) is 0 Å². The van der Waals surface area contributed by atoms with Crippen LogP contribution in [0.25, 0.3) is 0 Å². The Bertz CT molecular complexity index is 990. The number of rotatable bonds is 4. The molecule has 3 rings (SSSR count). The summed E-state index contributed by atoms with van der Waals surface area (Å²) in [7, 11) is -3.71. The molecular weight excluding hydrogens is 389 g/mol. The third-order valence-electron chi connectivity index (χ3n) is 3.05. The molecule has 0 fully saturated rings. The largest absolute Gasteiger partial charge is 0.508 e. The van der Waals surface area contributed by atoms with Crippen LogP contribution in [0.2, 0.25) is 10.6 Å². The van der Waals surface area contributed by atoms with E-state index in [2.05, 4.69) is 15.0 Å². The van der Waals surface area contributed by atoms with Gasteiger partial charge in [-0.3, -0.25) is 0 Å². The quantitative estimate of drug-likeness (QED) is 0.718. The van der Waals surface area contributed by atoms with Crippen molar-refractivity contribution in [3.63, 3.8) is 0 Å². The van der Waals surface area contributed by atoms with Gasteiger partial charge in [0.25, 0.3) is 0 Å². The summed E-state index contributed by atoms with van der Waals surface area (Å²) in [6.45, 7) is 0. The Morgan fingerprint density at radius 2 is 1.28 bits per heavy atom. The molecule has 0 saturated heterocycles. The molecule has 0 radical (unpaired) electrons. The molecule has 128 valence electrons. The number of benzene rings is 2. The Kier molecular flexibility index (Phi) is 4.76. The van der Waals surface area contributed by atoms with Crippen molar-refractivity contribution in [1.82, 2.24) is 15.0 Å². The molecule has 7 nitrogen and oxygen atoms in total. The highest BCUT2D eigenvalue weighted by atomic mass is 35.5. The predicted molar refractivity (Wildman–Crippen MR) is 89.9 cm³/mol. The SMILES string of the molecule is O=S(=O)(c1ccc(O)cc1)c1ccc(Oc2nc(Cl)nc(Cl)n2)cc1. The molecule has 0 aliphatic carbocycles. The fourth-order valence-corrected chi connectivity index (χ4v) is 3.52. The first-order valence-corrected chi connectivity index (χ1v) is 8.97. The summed E-state index contributed by atoms with van der Waals surface area (Å²) in [4.78, 5) is 11.2. The molecule has 0 bridgehead atoms. The van der Waals surface area contributed by atoms with E-state index in [4.69, 9.17) is 27.9 Å². The van der Waals surface area contributed by atoms with Gasteiger partial charge >= 0.3 is 6.01 Å². The van der Waals surface area contributed by atoms with Crippen molar-refractivity contribution < 1.29 is 18.3 Å². The summed E-state index contributed by atoms with van der Waals surface area (Å²) in [5.41, 5.74) is 0. The highest BCUT2D eigenvalue weighted by Gasteiger charge is 2.17. The first-order chi connectivity index (χ1) is 11.8. The molecule has 0 aliphatic heterocycles. The van der Waals surface area contributed by atoms with Crippen LogP contribution in [0.15, 0.2) is 58.3 Å². The molecule has 0 spiro atoms. The van der Waals surface area contributed by atoms with Crippen molar-refractivity contribution in [3.8, 4) is 17.5 Å². The first-order valence-electron chi connectivity index (χ1n) is 6.74. The van der Waals surface area contributed by atoms with Crippen LogP contribution in [-0.2, 0) is 9.84 Å². The van der Waals surface area contributed by atoms with Crippen LogP contribution in [0.3, 0.4) is 0 Å². The van der Waals surface area contributed by atoms with Crippen LogP contribution in [0.4, 0.5) is 0 Å². The number of phenols is 1. The highest BCUT2D eigenvalue weighted by molar-refractivity contribution is 7.91. The van der Waals surface area contributed by atoms with E-state index in [-0.39, 0.29) is 32.1 Å². The molecule has 0 unspecified atom stereocenters. The number of sulfone groups is 1. The normalized spacial score (nSPS) is 11.3. The van der Waals surface area contributed by atoms with Gasteiger partial charge in [-0.2, -0.15) is 15.0 Å². The van der Waals surface area contributed by atoms with Crippen LogP contribution >= 0.6 is 23.2 Å². The maximum absolute atomic E-state index is 12.5. The zero-order valence-electron chi connectivity index (χ0n) is 12.3. The summed E-state index contributed by atoms with van der Waals surface area (Å²) < 4.78 is 30.4. The van der Waals surface area contributed by atoms with Gasteiger partial charge < -0.3 is 9.84 Å². The lowest BCUT2D eigenvalue weighted by atomic mass is 10.3. The van der Waals surface area contributed by atoms with Gasteiger partial charge in [0, 0.05) is 0 Å². The van der Waals surface area contributed by atoms with E-state index in [1.165, 1.54) is 48.5 Å². The molecule has 1 heterocycles. The lowest BCUT2D eigenvalue weighted by Gasteiger charge is -2.07. The number of hydrogen-bond donors (Lipinski definition) is 1. The van der Waals surface area contributed by atoms with Crippen molar-refractivity contribution in [2.75, 3.05) is 0 Å². The Morgan fingerprint density at radius 3 is 1.80 bits per heavy atom. The minimum atomic E-state index is -3.71. The van der Waals surface area contributed by atoms with Crippen molar-refractivity contribution in [2.45, 2.75) is 9.79 Å². The van der Waals surface area contributed by atoms with Gasteiger partial charge in [0.1, 0.15) is 11.5 Å².